The van der Waals surface area contributed by atoms with E-state index < -0.39 is 0 Å². The first-order valence-corrected chi connectivity index (χ1v) is 6.64. The van der Waals surface area contributed by atoms with Gasteiger partial charge in [-0.15, -0.1) is 23.1 Å². The quantitative estimate of drug-likeness (QED) is 0.379. The van der Waals surface area contributed by atoms with Crippen molar-refractivity contribution >= 4 is 29.0 Å². The first kappa shape index (κ1) is 12.0. The molecule has 3 N–H and O–H groups in total. The molecule has 88 valence electrons. The molecule has 1 amide bonds. The number of hydrogen-bond donors (Lipinski definition) is 2. The average Bonchev–Trinajstić information content (AvgIpc) is 2.85. The largest absolute Gasteiger partial charge is 0.294 e. The summed E-state index contributed by atoms with van der Waals surface area (Å²) >= 11 is 2.94. The van der Waals surface area contributed by atoms with E-state index in [0.717, 1.165) is 16.3 Å². The third kappa shape index (κ3) is 3.26. The first-order valence-electron chi connectivity index (χ1n) is 4.78. The Bertz CT molecular complexity index is 500. The van der Waals surface area contributed by atoms with Crippen molar-refractivity contribution in [2.45, 2.75) is 10.6 Å². The number of aromatic nitrogens is 2. The van der Waals surface area contributed by atoms with E-state index in [9.17, 15) is 4.79 Å². The van der Waals surface area contributed by atoms with Gasteiger partial charge in [-0.3, -0.25) is 15.2 Å². The Labute approximate surface area is 106 Å². The Hall–Kier alpha value is -1.44. The Morgan fingerprint density at radius 2 is 2.24 bits per heavy atom. The maximum absolute atomic E-state index is 11.2. The molecule has 0 unspecified atom stereocenters. The highest BCUT2D eigenvalue weighted by Crippen LogP contribution is 2.22. The minimum absolute atomic E-state index is 0.352. The van der Waals surface area contributed by atoms with Crippen molar-refractivity contribution in [3.05, 3.63) is 40.6 Å². The molecule has 0 spiro atoms. The number of pyridine rings is 1. The number of nitrogens with two attached hydrogens (primary N) is 1. The number of carbonyl (C=O) groups excluding carboxylic acids is 1. The van der Waals surface area contributed by atoms with Crippen molar-refractivity contribution in [3.8, 4) is 0 Å². The van der Waals surface area contributed by atoms with Gasteiger partial charge in [0.2, 0.25) is 0 Å². The van der Waals surface area contributed by atoms with E-state index in [0.29, 0.717) is 5.01 Å². The molecule has 0 aliphatic rings. The lowest BCUT2D eigenvalue weighted by Crippen LogP contribution is -2.29. The lowest BCUT2D eigenvalue weighted by molar-refractivity contribution is 0.0953. The molecule has 5 nitrogen and oxygen atoms in total. The number of carbonyl (C=O) groups is 1. The van der Waals surface area contributed by atoms with Crippen LogP contribution in [0.25, 0.3) is 0 Å². The summed E-state index contributed by atoms with van der Waals surface area (Å²) in [4.78, 5) is 20.5. The highest BCUT2D eigenvalue weighted by Gasteiger charge is 2.09. The van der Waals surface area contributed by atoms with Gasteiger partial charge in [-0.05, 0) is 12.1 Å². The normalized spacial score (nSPS) is 10.2. The topological polar surface area (TPSA) is 80.9 Å². The van der Waals surface area contributed by atoms with Crippen LogP contribution in [0, 0.1) is 0 Å². The molecule has 2 heterocycles. The fourth-order valence-electron chi connectivity index (χ4n) is 1.13. The lowest BCUT2D eigenvalue weighted by atomic mass is 10.5. The summed E-state index contributed by atoms with van der Waals surface area (Å²) in [6.07, 6.45) is 3.49. The third-order valence-corrected chi connectivity index (χ3v) is 3.85. The van der Waals surface area contributed by atoms with Crippen LogP contribution in [0.2, 0.25) is 0 Å². The number of thioether (sulfide) groups is 1. The summed E-state index contributed by atoms with van der Waals surface area (Å²) in [6, 6.07) is 3.87. The second-order valence-electron chi connectivity index (χ2n) is 3.09. The number of nitrogens with one attached hydrogen (secondary N) is 1. The second-order valence-corrected chi connectivity index (χ2v) is 5.00. The molecular weight excluding hydrogens is 256 g/mol. The maximum Gasteiger partial charge on any atom is 0.294 e. The zero-order valence-electron chi connectivity index (χ0n) is 8.79. The van der Waals surface area contributed by atoms with Crippen LogP contribution in [-0.2, 0) is 5.75 Å². The third-order valence-electron chi connectivity index (χ3n) is 1.91. The summed E-state index contributed by atoms with van der Waals surface area (Å²) in [5, 5.41) is 2.25. The molecule has 0 aromatic carbocycles. The van der Waals surface area contributed by atoms with Gasteiger partial charge in [0.25, 0.3) is 5.91 Å². The number of nitrogens with zero attached hydrogens (tertiary/aromatic N) is 2. The molecule has 2 aromatic rings. The van der Waals surface area contributed by atoms with Crippen molar-refractivity contribution in [2.24, 2.45) is 5.84 Å². The summed E-state index contributed by atoms with van der Waals surface area (Å²) in [7, 11) is 0. The minimum Gasteiger partial charge on any atom is -0.288 e. The van der Waals surface area contributed by atoms with Gasteiger partial charge in [-0.2, -0.15) is 0 Å². The van der Waals surface area contributed by atoms with Crippen LogP contribution in [0.1, 0.15) is 15.5 Å². The number of nitrogen functional groups attached to an aromatic ring is 1. The second kappa shape index (κ2) is 5.76. The van der Waals surface area contributed by atoms with Gasteiger partial charge in [0.05, 0.1) is 5.69 Å². The fourth-order valence-corrected chi connectivity index (χ4v) is 2.73. The van der Waals surface area contributed by atoms with Crippen LogP contribution in [0.4, 0.5) is 0 Å². The summed E-state index contributed by atoms with van der Waals surface area (Å²) in [5.41, 5.74) is 2.93. The number of rotatable bonds is 4. The Morgan fingerprint density at radius 3 is 2.94 bits per heavy atom. The van der Waals surface area contributed by atoms with Crippen LogP contribution in [-0.4, -0.2) is 15.9 Å². The zero-order chi connectivity index (χ0) is 12.1. The predicted molar refractivity (Wildman–Crippen MR) is 67.6 cm³/mol. The zero-order valence-corrected chi connectivity index (χ0v) is 10.4. The molecule has 0 bridgehead atoms. The van der Waals surface area contributed by atoms with E-state index in [1.807, 2.05) is 17.5 Å². The number of hydrazine groups is 1. The van der Waals surface area contributed by atoms with Crippen molar-refractivity contribution in [1.82, 2.24) is 15.4 Å². The number of amides is 1. The molecule has 2 rings (SSSR count). The fraction of sp³-hybridized carbons (Fsp3) is 0.100. The van der Waals surface area contributed by atoms with E-state index in [2.05, 4.69) is 15.4 Å². The summed E-state index contributed by atoms with van der Waals surface area (Å²) in [6.45, 7) is 0. The lowest BCUT2D eigenvalue weighted by Gasteiger charge is -1.97. The van der Waals surface area contributed by atoms with Crippen molar-refractivity contribution in [2.75, 3.05) is 0 Å². The molecule has 0 aliphatic heterocycles. The van der Waals surface area contributed by atoms with Gasteiger partial charge in [0, 0.05) is 28.4 Å². The first-order chi connectivity index (χ1) is 8.29. The number of thiazole rings is 1. The molecule has 0 saturated carbocycles. The van der Waals surface area contributed by atoms with Gasteiger partial charge in [0.1, 0.15) is 0 Å². The van der Waals surface area contributed by atoms with Crippen molar-refractivity contribution < 1.29 is 4.79 Å². The highest BCUT2D eigenvalue weighted by atomic mass is 32.2. The molecule has 2 aromatic heterocycles. The standard InChI is InChI=1S/C10H10N4OS2/c11-14-9(15)10-13-7(6-17-10)5-16-8-1-3-12-4-2-8/h1-4,6H,5,11H2,(H,14,15). The number of hydrogen-bond acceptors (Lipinski definition) is 6. The van der Waals surface area contributed by atoms with E-state index in [1.54, 1.807) is 24.2 Å². The molecule has 0 aliphatic carbocycles. The summed E-state index contributed by atoms with van der Waals surface area (Å²) < 4.78 is 0. The van der Waals surface area contributed by atoms with Gasteiger partial charge in [-0.1, -0.05) is 0 Å². The van der Waals surface area contributed by atoms with E-state index in [1.165, 1.54) is 11.3 Å². The molecule has 0 atom stereocenters. The van der Waals surface area contributed by atoms with E-state index in [4.69, 9.17) is 5.84 Å². The van der Waals surface area contributed by atoms with Gasteiger partial charge in [-0.25, -0.2) is 10.8 Å². The van der Waals surface area contributed by atoms with E-state index >= 15 is 0 Å². The van der Waals surface area contributed by atoms with Crippen LogP contribution in [0.5, 0.6) is 0 Å². The maximum atomic E-state index is 11.2. The molecule has 7 heteroatoms. The molecule has 0 radical (unpaired) electrons. The monoisotopic (exact) mass is 266 g/mol. The van der Waals surface area contributed by atoms with Gasteiger partial charge >= 0.3 is 0 Å². The molecule has 17 heavy (non-hydrogen) atoms. The van der Waals surface area contributed by atoms with Crippen molar-refractivity contribution in [1.29, 1.82) is 0 Å². The predicted octanol–water partition coefficient (Wildman–Crippen LogP) is 1.43. The molecular formula is C10H10N4OS2. The van der Waals surface area contributed by atoms with Crippen LogP contribution in [0.3, 0.4) is 0 Å². The summed E-state index contributed by atoms with van der Waals surface area (Å²) in [5.74, 6) is 5.40. The SMILES string of the molecule is NNC(=O)c1nc(CSc2ccncc2)cs1. The van der Waals surface area contributed by atoms with E-state index in [-0.39, 0.29) is 5.91 Å². The smallest absolute Gasteiger partial charge is 0.288 e. The van der Waals surface area contributed by atoms with Gasteiger partial charge < -0.3 is 0 Å². The van der Waals surface area contributed by atoms with Crippen LogP contribution in [0.15, 0.2) is 34.8 Å². The minimum atomic E-state index is -0.352. The van der Waals surface area contributed by atoms with Crippen molar-refractivity contribution in [3.63, 3.8) is 0 Å². The Morgan fingerprint density at radius 1 is 1.47 bits per heavy atom. The molecule has 0 saturated heterocycles. The van der Waals surface area contributed by atoms with Crippen LogP contribution < -0.4 is 11.3 Å². The van der Waals surface area contributed by atoms with Crippen LogP contribution >= 0.6 is 23.1 Å². The molecule has 0 fully saturated rings. The Kier molecular flexibility index (Phi) is 4.08. The average molecular weight is 266 g/mol. The Balaban J connectivity index is 1.96. The van der Waals surface area contributed by atoms with Gasteiger partial charge in [0.15, 0.2) is 5.01 Å². The highest BCUT2D eigenvalue weighted by molar-refractivity contribution is 7.98.